The highest BCUT2D eigenvalue weighted by Crippen LogP contribution is 2.49. The molecule has 0 unspecified atom stereocenters. The molecule has 27 heavy (non-hydrogen) atoms. The van der Waals surface area contributed by atoms with Crippen LogP contribution in [0.25, 0.3) is 0 Å². The molecule has 0 aliphatic heterocycles. The third-order valence-corrected chi connectivity index (χ3v) is 6.62. The van der Waals surface area contributed by atoms with Gasteiger partial charge in [0.15, 0.2) is 5.78 Å². The van der Waals surface area contributed by atoms with Gasteiger partial charge in [-0.25, -0.2) is 4.99 Å². The lowest BCUT2D eigenvalue weighted by Gasteiger charge is -2.43. The lowest BCUT2D eigenvalue weighted by Crippen LogP contribution is -2.57. The fraction of sp³-hybridized carbons (Fsp3) is 0.353. The average molecular weight is 452 g/mol. The summed E-state index contributed by atoms with van der Waals surface area (Å²) in [4.78, 5) is 37.4. The van der Waals surface area contributed by atoms with E-state index in [4.69, 9.17) is 46.4 Å². The monoisotopic (exact) mass is 450 g/mol. The molecular weight excluding hydrogens is 438 g/mol. The lowest BCUT2D eigenvalue weighted by atomic mass is 9.71. The summed E-state index contributed by atoms with van der Waals surface area (Å²) in [5, 5.41) is 8.88. The molecule has 2 rings (SSSR count). The molecule has 1 aromatic carbocycles. The number of aliphatic imine (C=N–C) groups is 1. The van der Waals surface area contributed by atoms with Gasteiger partial charge in [0.1, 0.15) is 15.3 Å². The van der Waals surface area contributed by atoms with Crippen LogP contribution in [0.5, 0.6) is 0 Å². The van der Waals surface area contributed by atoms with Crippen LogP contribution in [0.4, 0.5) is 5.69 Å². The van der Waals surface area contributed by atoms with Crippen molar-refractivity contribution in [2.75, 3.05) is 0 Å². The Bertz CT molecular complexity index is 887. The van der Waals surface area contributed by atoms with Gasteiger partial charge in [0.2, 0.25) is 0 Å². The van der Waals surface area contributed by atoms with E-state index in [9.17, 15) is 19.7 Å². The Morgan fingerprint density at radius 2 is 1.70 bits per heavy atom. The minimum absolute atomic E-state index is 0.0744. The molecule has 1 amide bonds. The van der Waals surface area contributed by atoms with Crippen LogP contribution in [0.15, 0.2) is 39.3 Å². The fourth-order valence-corrected chi connectivity index (χ4v) is 3.88. The zero-order valence-corrected chi connectivity index (χ0v) is 17.4. The minimum Gasteiger partial charge on any atom is -0.291 e. The second-order valence-electron chi connectivity index (χ2n) is 6.89. The van der Waals surface area contributed by atoms with Crippen molar-refractivity contribution < 1.29 is 14.5 Å². The molecule has 1 aromatic rings. The number of carbonyl (C=O) groups excluding carboxylic acids is 2. The highest BCUT2D eigenvalue weighted by molar-refractivity contribution is 6.65. The molecular formula is C17H14Cl4N2O4. The maximum absolute atomic E-state index is 12.6. The number of carbonyl (C=O) groups is 2. The number of nitro groups is 1. The lowest BCUT2D eigenvalue weighted by molar-refractivity contribution is -0.384. The molecule has 0 bridgehead atoms. The number of allylic oxidation sites excluding steroid dienone is 2. The smallest absolute Gasteiger partial charge is 0.277 e. The quantitative estimate of drug-likeness (QED) is 0.356. The van der Waals surface area contributed by atoms with E-state index in [-0.39, 0.29) is 27.0 Å². The fourth-order valence-electron chi connectivity index (χ4n) is 2.51. The van der Waals surface area contributed by atoms with Gasteiger partial charge in [-0.2, -0.15) is 0 Å². The third kappa shape index (κ3) is 3.76. The number of Topliss-reactive ketones (excluding diaryl/α,β-unsaturated/α-hetero) is 1. The number of rotatable bonds is 2. The molecule has 0 fully saturated rings. The van der Waals surface area contributed by atoms with E-state index in [1.165, 1.54) is 24.3 Å². The van der Waals surface area contributed by atoms with Gasteiger partial charge in [0, 0.05) is 17.7 Å². The van der Waals surface area contributed by atoms with Gasteiger partial charge < -0.3 is 0 Å². The highest BCUT2D eigenvalue weighted by atomic mass is 35.5. The molecule has 0 spiro atoms. The van der Waals surface area contributed by atoms with Crippen LogP contribution >= 0.6 is 46.4 Å². The summed E-state index contributed by atoms with van der Waals surface area (Å²) in [6.07, 6.45) is 0. The largest absolute Gasteiger partial charge is 0.291 e. The number of ketones is 1. The number of halogens is 4. The number of hydrogen-bond donors (Lipinski definition) is 0. The Morgan fingerprint density at radius 1 is 1.19 bits per heavy atom. The Morgan fingerprint density at radius 3 is 2.15 bits per heavy atom. The van der Waals surface area contributed by atoms with Crippen LogP contribution in [0.3, 0.4) is 0 Å². The second kappa shape index (κ2) is 7.51. The van der Waals surface area contributed by atoms with E-state index in [0.717, 1.165) is 0 Å². The highest BCUT2D eigenvalue weighted by Gasteiger charge is 2.58. The van der Waals surface area contributed by atoms with Crippen LogP contribution in [0, 0.1) is 15.5 Å². The van der Waals surface area contributed by atoms with Gasteiger partial charge in [-0.15, -0.1) is 23.2 Å². The van der Waals surface area contributed by atoms with Gasteiger partial charge in [0.25, 0.3) is 11.6 Å². The molecule has 10 heteroatoms. The average Bonchev–Trinajstić information content (AvgIpc) is 2.60. The van der Waals surface area contributed by atoms with Gasteiger partial charge in [0.05, 0.1) is 15.7 Å². The maximum atomic E-state index is 12.6. The molecule has 0 saturated carbocycles. The van der Waals surface area contributed by atoms with Crippen molar-refractivity contribution in [3.8, 4) is 0 Å². The Balaban J connectivity index is 2.53. The van der Waals surface area contributed by atoms with Crippen LogP contribution in [0.2, 0.25) is 0 Å². The second-order valence-corrected chi connectivity index (χ2v) is 8.68. The molecule has 0 saturated heterocycles. The summed E-state index contributed by atoms with van der Waals surface area (Å²) < 4.78 is 0. The number of nitro benzene ring substituents is 1. The van der Waals surface area contributed by atoms with E-state index in [1.54, 1.807) is 20.8 Å². The SMILES string of the molecule is CC(C)(C)[C@@]1(Cl)C(=O)C(Cl)=C(Cl)C(=NC(=O)c2ccc([N+](=O)[O-])cc2)[C@@H]1Cl. The Hall–Kier alpha value is -1.47. The summed E-state index contributed by atoms with van der Waals surface area (Å²) in [5.74, 6) is -1.40. The first-order chi connectivity index (χ1) is 12.3. The normalized spacial score (nSPS) is 25.1. The Kier molecular flexibility index (Phi) is 6.07. The van der Waals surface area contributed by atoms with Crippen molar-refractivity contribution in [1.82, 2.24) is 0 Å². The standard InChI is InChI=1S/C17H14Cl4N2O4/c1-16(2,3)17(21)13(20)12(10(18)11(19)14(17)24)22-15(25)8-4-6-9(7-5-8)23(26)27/h4-7,13H,1-3H3/t13-,17-/m0/s1. The Labute approximate surface area is 175 Å². The number of nitrogens with zero attached hydrogens (tertiary/aromatic N) is 2. The van der Waals surface area contributed by atoms with Crippen LogP contribution in [-0.2, 0) is 4.79 Å². The number of alkyl halides is 2. The number of benzene rings is 1. The van der Waals surface area contributed by atoms with Crippen molar-refractivity contribution >= 4 is 69.5 Å². The minimum atomic E-state index is -1.67. The summed E-state index contributed by atoms with van der Waals surface area (Å²) in [7, 11) is 0. The van der Waals surface area contributed by atoms with Crippen molar-refractivity contribution in [3.05, 3.63) is 50.0 Å². The van der Waals surface area contributed by atoms with Gasteiger partial charge in [-0.1, -0.05) is 44.0 Å². The van der Waals surface area contributed by atoms with Crippen molar-refractivity contribution in [2.24, 2.45) is 10.4 Å². The van der Waals surface area contributed by atoms with E-state index in [2.05, 4.69) is 4.99 Å². The van der Waals surface area contributed by atoms with Crippen molar-refractivity contribution in [2.45, 2.75) is 31.0 Å². The summed E-state index contributed by atoms with van der Waals surface area (Å²) in [5.41, 5.74) is -1.06. The predicted molar refractivity (Wildman–Crippen MR) is 106 cm³/mol. The molecule has 0 heterocycles. The first-order valence-electron chi connectivity index (χ1n) is 7.63. The maximum Gasteiger partial charge on any atom is 0.277 e. The molecule has 6 nitrogen and oxygen atoms in total. The van der Waals surface area contributed by atoms with Crippen LogP contribution < -0.4 is 0 Å². The van der Waals surface area contributed by atoms with Gasteiger partial charge in [-0.05, 0) is 17.5 Å². The van der Waals surface area contributed by atoms with Gasteiger partial charge >= 0.3 is 0 Å². The predicted octanol–water partition coefficient (Wildman–Crippen LogP) is 5.08. The summed E-state index contributed by atoms with van der Waals surface area (Å²) >= 11 is 25.1. The molecule has 144 valence electrons. The molecule has 1 aliphatic rings. The first kappa shape index (κ1) is 21.8. The molecule has 0 radical (unpaired) electrons. The third-order valence-electron chi connectivity index (χ3n) is 4.18. The summed E-state index contributed by atoms with van der Waals surface area (Å²) in [6.45, 7) is 5.10. The zero-order chi connectivity index (χ0) is 20.7. The van der Waals surface area contributed by atoms with Gasteiger partial charge in [-0.3, -0.25) is 19.7 Å². The first-order valence-corrected chi connectivity index (χ1v) is 9.20. The van der Waals surface area contributed by atoms with Crippen LogP contribution in [0.1, 0.15) is 31.1 Å². The van der Waals surface area contributed by atoms with E-state index in [1.807, 2.05) is 0 Å². The van der Waals surface area contributed by atoms with Crippen LogP contribution in [-0.4, -0.2) is 32.6 Å². The molecule has 1 aliphatic carbocycles. The van der Waals surface area contributed by atoms with Crippen molar-refractivity contribution in [3.63, 3.8) is 0 Å². The van der Waals surface area contributed by atoms with E-state index in [0.29, 0.717) is 0 Å². The molecule has 0 aromatic heterocycles. The van der Waals surface area contributed by atoms with E-state index >= 15 is 0 Å². The number of hydrogen-bond acceptors (Lipinski definition) is 4. The molecule has 2 atom stereocenters. The van der Waals surface area contributed by atoms with Crippen molar-refractivity contribution in [1.29, 1.82) is 0 Å². The zero-order valence-electron chi connectivity index (χ0n) is 14.4. The molecule has 0 N–H and O–H groups in total. The van der Waals surface area contributed by atoms with E-state index < -0.39 is 32.3 Å². The number of amides is 1. The number of non-ortho nitro benzene ring substituents is 1. The topological polar surface area (TPSA) is 89.6 Å². The summed E-state index contributed by atoms with van der Waals surface area (Å²) in [6, 6.07) is 4.83.